The second-order valence-corrected chi connectivity index (χ2v) is 5.41. The maximum absolute atomic E-state index is 12.8. The number of hydrogen-bond donors (Lipinski definition) is 0. The van der Waals surface area contributed by atoms with Gasteiger partial charge in [-0.1, -0.05) is 0 Å². The van der Waals surface area contributed by atoms with Gasteiger partial charge in [0.05, 0.1) is 5.56 Å². The summed E-state index contributed by atoms with van der Waals surface area (Å²) >= 11 is 8.48. The summed E-state index contributed by atoms with van der Waals surface area (Å²) in [5, 5.41) is 0. The third kappa shape index (κ3) is 3.02. The number of rotatable bonds is 2. The number of carbonyl (C=O) groups excluding carboxylic acids is 1. The lowest BCUT2D eigenvalue weighted by atomic mass is 10.1. The van der Waals surface area contributed by atoms with Crippen molar-refractivity contribution in [3.8, 4) is 0 Å². The molecule has 2 heterocycles. The Morgan fingerprint density at radius 1 is 1.53 bits per heavy atom. The highest BCUT2D eigenvalue weighted by Crippen LogP contribution is 2.37. The highest BCUT2D eigenvalue weighted by molar-refractivity contribution is 9.10. The van der Waals surface area contributed by atoms with Gasteiger partial charge in [-0.2, -0.15) is 13.2 Å². The van der Waals surface area contributed by atoms with E-state index in [2.05, 4.69) is 20.9 Å². The number of aromatic nitrogens is 1. The van der Waals surface area contributed by atoms with Crippen molar-refractivity contribution >= 4 is 39.3 Å². The SMILES string of the molecule is O=C1CC(CCl)CN1c1cc(C(F)(F)F)c(Br)cn1. The van der Waals surface area contributed by atoms with Crippen LogP contribution >= 0.6 is 27.5 Å². The monoisotopic (exact) mass is 356 g/mol. The van der Waals surface area contributed by atoms with Crippen LogP contribution in [0.15, 0.2) is 16.7 Å². The topological polar surface area (TPSA) is 33.2 Å². The van der Waals surface area contributed by atoms with Crippen LogP contribution in [-0.2, 0) is 11.0 Å². The lowest BCUT2D eigenvalue weighted by molar-refractivity contribution is -0.138. The Hall–Kier alpha value is -0.820. The van der Waals surface area contributed by atoms with Crippen LogP contribution in [-0.4, -0.2) is 23.3 Å². The van der Waals surface area contributed by atoms with E-state index in [0.717, 1.165) is 12.3 Å². The van der Waals surface area contributed by atoms with Gasteiger partial charge >= 0.3 is 6.18 Å². The van der Waals surface area contributed by atoms with E-state index < -0.39 is 11.7 Å². The molecule has 1 amide bonds. The molecule has 0 saturated carbocycles. The van der Waals surface area contributed by atoms with Crippen molar-refractivity contribution in [2.75, 3.05) is 17.3 Å². The number of amides is 1. The summed E-state index contributed by atoms with van der Waals surface area (Å²) < 4.78 is 38.2. The third-order valence-electron chi connectivity index (χ3n) is 2.85. The van der Waals surface area contributed by atoms with Gasteiger partial charge < -0.3 is 0 Å². The van der Waals surface area contributed by atoms with E-state index >= 15 is 0 Å². The minimum absolute atomic E-state index is 0.00754. The first-order valence-corrected chi connectivity index (χ1v) is 6.74. The van der Waals surface area contributed by atoms with Gasteiger partial charge in [0, 0.05) is 29.5 Å². The fourth-order valence-corrected chi connectivity index (χ4v) is 2.55. The molecule has 3 nitrogen and oxygen atoms in total. The number of nitrogens with zero attached hydrogens (tertiary/aromatic N) is 2. The zero-order valence-corrected chi connectivity index (χ0v) is 11.9. The summed E-state index contributed by atoms with van der Waals surface area (Å²) in [4.78, 5) is 16.8. The van der Waals surface area contributed by atoms with Crippen LogP contribution in [0.5, 0.6) is 0 Å². The standard InChI is InChI=1S/C11H9BrClF3N2O/c12-8-4-17-9(2-7(8)11(14,15)16)18-5-6(3-13)1-10(18)19/h2,4,6H,1,3,5H2. The molecule has 0 aliphatic carbocycles. The van der Waals surface area contributed by atoms with Crippen molar-refractivity contribution in [3.05, 3.63) is 22.3 Å². The molecular weight excluding hydrogens is 348 g/mol. The first kappa shape index (κ1) is 14.6. The van der Waals surface area contributed by atoms with Gasteiger partial charge in [0.1, 0.15) is 5.82 Å². The maximum atomic E-state index is 12.8. The van der Waals surface area contributed by atoms with E-state index in [0.29, 0.717) is 12.4 Å². The van der Waals surface area contributed by atoms with Gasteiger partial charge in [0.2, 0.25) is 5.91 Å². The van der Waals surface area contributed by atoms with Crippen LogP contribution in [0.3, 0.4) is 0 Å². The van der Waals surface area contributed by atoms with Gasteiger partial charge in [-0.25, -0.2) is 4.98 Å². The van der Waals surface area contributed by atoms with Crippen LogP contribution in [0.2, 0.25) is 0 Å². The van der Waals surface area contributed by atoms with Gasteiger partial charge in [-0.15, -0.1) is 11.6 Å². The summed E-state index contributed by atoms with van der Waals surface area (Å²) in [6.45, 7) is 0.300. The molecule has 0 radical (unpaired) electrons. The van der Waals surface area contributed by atoms with Gasteiger partial charge in [0.15, 0.2) is 0 Å². The number of halogens is 5. The van der Waals surface area contributed by atoms with E-state index in [1.807, 2.05) is 0 Å². The summed E-state index contributed by atoms with van der Waals surface area (Å²) in [6.07, 6.45) is -3.20. The molecule has 104 valence electrons. The van der Waals surface area contributed by atoms with Crippen molar-refractivity contribution in [1.29, 1.82) is 0 Å². The van der Waals surface area contributed by atoms with Crippen LogP contribution in [0.1, 0.15) is 12.0 Å². The Kier molecular flexibility index (Phi) is 4.06. The lowest BCUT2D eigenvalue weighted by Crippen LogP contribution is -2.26. The van der Waals surface area contributed by atoms with E-state index in [-0.39, 0.29) is 28.5 Å². The third-order valence-corrected chi connectivity index (χ3v) is 3.91. The largest absolute Gasteiger partial charge is 0.417 e. The minimum Gasteiger partial charge on any atom is -0.296 e. The van der Waals surface area contributed by atoms with Gasteiger partial charge in [-0.3, -0.25) is 9.69 Å². The number of alkyl halides is 4. The fraction of sp³-hybridized carbons (Fsp3) is 0.455. The van der Waals surface area contributed by atoms with Crippen LogP contribution < -0.4 is 4.90 Å². The zero-order valence-electron chi connectivity index (χ0n) is 9.55. The Bertz CT molecular complexity index is 509. The fourth-order valence-electron chi connectivity index (χ4n) is 1.90. The number of carbonyl (C=O) groups is 1. The molecule has 0 aromatic carbocycles. The highest BCUT2D eigenvalue weighted by atomic mass is 79.9. The molecule has 8 heteroatoms. The molecule has 0 spiro atoms. The van der Waals surface area contributed by atoms with Crippen LogP contribution in [0, 0.1) is 5.92 Å². The Morgan fingerprint density at radius 3 is 2.74 bits per heavy atom. The van der Waals surface area contributed by atoms with E-state index in [1.165, 1.54) is 4.90 Å². The molecule has 0 bridgehead atoms. The molecular formula is C11H9BrClF3N2O. The zero-order chi connectivity index (χ0) is 14.2. The normalized spacial score (nSPS) is 20.2. The van der Waals surface area contributed by atoms with Gasteiger partial charge in [-0.05, 0) is 27.9 Å². The van der Waals surface area contributed by atoms with Crippen molar-refractivity contribution < 1.29 is 18.0 Å². The summed E-state index contributed by atoms with van der Waals surface area (Å²) in [6, 6.07) is 0.874. The second kappa shape index (κ2) is 5.28. The molecule has 1 saturated heterocycles. The molecule has 1 aromatic rings. The highest BCUT2D eigenvalue weighted by Gasteiger charge is 2.36. The van der Waals surface area contributed by atoms with Crippen LogP contribution in [0.4, 0.5) is 19.0 Å². The molecule has 2 rings (SSSR count). The quantitative estimate of drug-likeness (QED) is 0.760. The second-order valence-electron chi connectivity index (χ2n) is 4.25. The molecule has 1 atom stereocenters. The minimum atomic E-state index is -4.49. The van der Waals surface area contributed by atoms with Crippen LogP contribution in [0.25, 0.3) is 0 Å². The number of hydrogen-bond acceptors (Lipinski definition) is 2. The van der Waals surface area contributed by atoms with Crippen molar-refractivity contribution in [2.24, 2.45) is 5.92 Å². The first-order chi connectivity index (χ1) is 8.82. The first-order valence-electron chi connectivity index (χ1n) is 5.42. The summed E-state index contributed by atoms with van der Waals surface area (Å²) in [7, 11) is 0. The maximum Gasteiger partial charge on any atom is 0.417 e. The molecule has 1 unspecified atom stereocenters. The van der Waals surface area contributed by atoms with Gasteiger partial charge in [0.25, 0.3) is 0 Å². The molecule has 1 fully saturated rings. The average molecular weight is 358 g/mol. The predicted molar refractivity (Wildman–Crippen MR) is 68.1 cm³/mol. The van der Waals surface area contributed by atoms with Crippen molar-refractivity contribution in [1.82, 2.24) is 4.98 Å². The average Bonchev–Trinajstić information content (AvgIpc) is 2.70. The Labute approximate surface area is 120 Å². The lowest BCUT2D eigenvalue weighted by Gasteiger charge is -2.17. The van der Waals surface area contributed by atoms with E-state index in [4.69, 9.17) is 11.6 Å². The Balaban J connectivity index is 2.34. The summed E-state index contributed by atoms with van der Waals surface area (Å²) in [5.74, 6) is 0.000865. The summed E-state index contributed by atoms with van der Waals surface area (Å²) in [5.41, 5.74) is -0.848. The Morgan fingerprint density at radius 2 is 2.21 bits per heavy atom. The number of anilines is 1. The number of pyridine rings is 1. The molecule has 1 aromatic heterocycles. The predicted octanol–water partition coefficient (Wildman–Crippen LogP) is 3.45. The molecule has 19 heavy (non-hydrogen) atoms. The smallest absolute Gasteiger partial charge is 0.296 e. The molecule has 1 aliphatic heterocycles. The van der Waals surface area contributed by atoms with E-state index in [9.17, 15) is 18.0 Å². The van der Waals surface area contributed by atoms with E-state index in [1.54, 1.807) is 0 Å². The molecule has 1 aliphatic rings. The molecule has 0 N–H and O–H groups in total. The van der Waals surface area contributed by atoms with Crippen molar-refractivity contribution in [3.63, 3.8) is 0 Å². The van der Waals surface area contributed by atoms with Crippen molar-refractivity contribution in [2.45, 2.75) is 12.6 Å².